The molecule has 1 aliphatic carbocycles. The summed E-state index contributed by atoms with van der Waals surface area (Å²) in [4.78, 5) is 12.0. The van der Waals surface area contributed by atoms with Crippen LogP contribution in [0.1, 0.15) is 25.7 Å². The molecular formula is C14H20N2O3. The van der Waals surface area contributed by atoms with Gasteiger partial charge in [-0.3, -0.25) is 4.79 Å². The van der Waals surface area contributed by atoms with Gasteiger partial charge in [0.2, 0.25) is 5.91 Å². The molecule has 1 aromatic carbocycles. The van der Waals surface area contributed by atoms with Crippen molar-refractivity contribution in [3.63, 3.8) is 0 Å². The first-order chi connectivity index (χ1) is 9.06. The lowest BCUT2D eigenvalue weighted by atomic mass is 9.75. The van der Waals surface area contributed by atoms with Crippen molar-refractivity contribution in [2.75, 3.05) is 19.5 Å². The highest BCUT2D eigenvalue weighted by Crippen LogP contribution is 2.33. The van der Waals surface area contributed by atoms with Crippen LogP contribution < -0.4 is 20.5 Å². The van der Waals surface area contributed by atoms with Crippen LogP contribution in [0.5, 0.6) is 11.5 Å². The number of anilines is 1. The lowest BCUT2D eigenvalue weighted by Crippen LogP contribution is -2.48. The molecule has 0 unspecified atom stereocenters. The standard InChI is InChI=1S/C14H20N2O3/c1-18-10-4-5-11(12(8-10)19-2)16-13(17)9-14(15)6-3-7-14/h4-5,8H,3,6-7,9,15H2,1-2H3,(H,16,17). The predicted octanol–water partition coefficient (Wildman–Crippen LogP) is 1.91. The van der Waals surface area contributed by atoms with Gasteiger partial charge in [-0.1, -0.05) is 0 Å². The van der Waals surface area contributed by atoms with Gasteiger partial charge in [-0.25, -0.2) is 0 Å². The first-order valence-electron chi connectivity index (χ1n) is 6.37. The number of hydrogen-bond donors (Lipinski definition) is 2. The van der Waals surface area contributed by atoms with E-state index in [-0.39, 0.29) is 11.4 Å². The van der Waals surface area contributed by atoms with Gasteiger partial charge in [0, 0.05) is 18.0 Å². The molecule has 0 heterocycles. The number of nitrogens with two attached hydrogens (primary N) is 1. The molecule has 1 aromatic rings. The summed E-state index contributed by atoms with van der Waals surface area (Å²) < 4.78 is 10.3. The largest absolute Gasteiger partial charge is 0.497 e. The molecule has 0 saturated heterocycles. The van der Waals surface area contributed by atoms with Crippen molar-refractivity contribution in [3.8, 4) is 11.5 Å². The highest BCUT2D eigenvalue weighted by molar-refractivity contribution is 5.93. The molecule has 19 heavy (non-hydrogen) atoms. The highest BCUT2D eigenvalue weighted by Gasteiger charge is 2.34. The Morgan fingerprint density at radius 2 is 2.11 bits per heavy atom. The second-order valence-corrected chi connectivity index (χ2v) is 5.01. The maximum Gasteiger partial charge on any atom is 0.226 e. The average molecular weight is 264 g/mol. The molecule has 5 nitrogen and oxygen atoms in total. The van der Waals surface area contributed by atoms with Crippen LogP contribution in [0.4, 0.5) is 5.69 Å². The molecular weight excluding hydrogens is 244 g/mol. The van der Waals surface area contributed by atoms with Crippen LogP contribution in [-0.2, 0) is 4.79 Å². The van der Waals surface area contributed by atoms with Crippen molar-refractivity contribution >= 4 is 11.6 Å². The van der Waals surface area contributed by atoms with Crippen LogP contribution in [0.2, 0.25) is 0 Å². The van der Waals surface area contributed by atoms with E-state index in [1.165, 1.54) is 0 Å². The van der Waals surface area contributed by atoms with E-state index < -0.39 is 0 Å². The third-order valence-electron chi connectivity index (χ3n) is 3.54. The summed E-state index contributed by atoms with van der Waals surface area (Å²) >= 11 is 0. The van der Waals surface area contributed by atoms with E-state index in [1.807, 2.05) is 0 Å². The zero-order valence-corrected chi connectivity index (χ0v) is 11.4. The number of ether oxygens (including phenoxy) is 2. The van der Waals surface area contributed by atoms with Gasteiger partial charge in [0.05, 0.1) is 19.9 Å². The number of carbonyl (C=O) groups is 1. The molecule has 104 valence electrons. The van der Waals surface area contributed by atoms with Crippen molar-refractivity contribution in [3.05, 3.63) is 18.2 Å². The first-order valence-corrected chi connectivity index (χ1v) is 6.37. The smallest absolute Gasteiger partial charge is 0.226 e. The van der Waals surface area contributed by atoms with Gasteiger partial charge >= 0.3 is 0 Å². The summed E-state index contributed by atoms with van der Waals surface area (Å²) in [6.45, 7) is 0. The highest BCUT2D eigenvalue weighted by atomic mass is 16.5. The monoisotopic (exact) mass is 264 g/mol. The predicted molar refractivity (Wildman–Crippen MR) is 73.6 cm³/mol. The van der Waals surface area contributed by atoms with Crippen LogP contribution in [0.25, 0.3) is 0 Å². The second-order valence-electron chi connectivity index (χ2n) is 5.01. The van der Waals surface area contributed by atoms with E-state index in [9.17, 15) is 4.79 Å². The molecule has 0 aromatic heterocycles. The Bertz CT molecular complexity index is 470. The van der Waals surface area contributed by atoms with Crippen LogP contribution in [0.15, 0.2) is 18.2 Å². The number of benzene rings is 1. The van der Waals surface area contributed by atoms with Crippen molar-refractivity contribution in [1.82, 2.24) is 0 Å². The summed E-state index contributed by atoms with van der Waals surface area (Å²) in [5.41, 5.74) is 6.38. The molecule has 1 aliphatic rings. The molecule has 1 fully saturated rings. The zero-order valence-electron chi connectivity index (χ0n) is 11.4. The number of methoxy groups -OCH3 is 2. The van der Waals surface area contributed by atoms with Crippen LogP contribution in [-0.4, -0.2) is 25.7 Å². The zero-order chi connectivity index (χ0) is 13.9. The third kappa shape index (κ3) is 3.17. The van der Waals surface area contributed by atoms with Crippen LogP contribution >= 0.6 is 0 Å². The number of rotatable bonds is 5. The fraction of sp³-hybridized carbons (Fsp3) is 0.500. The minimum absolute atomic E-state index is 0.0781. The summed E-state index contributed by atoms with van der Waals surface area (Å²) in [7, 11) is 3.14. The van der Waals surface area contributed by atoms with E-state index >= 15 is 0 Å². The Hall–Kier alpha value is -1.75. The maximum absolute atomic E-state index is 12.0. The molecule has 0 spiro atoms. The number of nitrogens with one attached hydrogen (secondary N) is 1. The van der Waals surface area contributed by atoms with Gasteiger partial charge in [-0.05, 0) is 31.4 Å². The van der Waals surface area contributed by atoms with E-state index in [2.05, 4.69) is 5.32 Å². The summed E-state index contributed by atoms with van der Waals surface area (Å²) in [6, 6.07) is 5.27. The molecule has 5 heteroatoms. The van der Waals surface area contributed by atoms with Crippen molar-refractivity contribution in [2.45, 2.75) is 31.2 Å². The minimum Gasteiger partial charge on any atom is -0.497 e. The Balaban J connectivity index is 2.03. The third-order valence-corrected chi connectivity index (χ3v) is 3.54. The van der Waals surface area contributed by atoms with Crippen molar-refractivity contribution in [2.24, 2.45) is 5.73 Å². The molecule has 0 radical (unpaired) electrons. The molecule has 1 saturated carbocycles. The van der Waals surface area contributed by atoms with E-state index in [0.29, 0.717) is 23.6 Å². The van der Waals surface area contributed by atoms with E-state index in [0.717, 1.165) is 19.3 Å². The van der Waals surface area contributed by atoms with Crippen LogP contribution in [0.3, 0.4) is 0 Å². The number of amides is 1. The molecule has 0 atom stereocenters. The normalized spacial score (nSPS) is 16.4. The van der Waals surface area contributed by atoms with Gasteiger partial charge < -0.3 is 20.5 Å². The fourth-order valence-electron chi connectivity index (χ4n) is 2.22. The summed E-state index contributed by atoms with van der Waals surface area (Å²) in [5.74, 6) is 1.18. The summed E-state index contributed by atoms with van der Waals surface area (Å²) in [6.07, 6.45) is 3.29. The van der Waals surface area contributed by atoms with E-state index in [4.69, 9.17) is 15.2 Å². The fourth-order valence-corrected chi connectivity index (χ4v) is 2.22. The van der Waals surface area contributed by atoms with Gasteiger partial charge in [0.25, 0.3) is 0 Å². The van der Waals surface area contributed by atoms with Crippen LogP contribution in [0, 0.1) is 0 Å². The second kappa shape index (κ2) is 5.48. The summed E-state index contributed by atoms with van der Waals surface area (Å²) in [5, 5.41) is 2.84. The molecule has 0 bridgehead atoms. The topological polar surface area (TPSA) is 73.6 Å². The van der Waals surface area contributed by atoms with E-state index in [1.54, 1.807) is 32.4 Å². The SMILES string of the molecule is COc1ccc(NC(=O)CC2(N)CCC2)c(OC)c1. The van der Waals surface area contributed by atoms with Crippen molar-refractivity contribution < 1.29 is 14.3 Å². The molecule has 0 aliphatic heterocycles. The Morgan fingerprint density at radius 3 is 2.63 bits per heavy atom. The van der Waals surface area contributed by atoms with Crippen molar-refractivity contribution in [1.29, 1.82) is 0 Å². The lowest BCUT2D eigenvalue weighted by molar-refractivity contribution is -0.118. The van der Waals surface area contributed by atoms with Gasteiger partial charge in [-0.2, -0.15) is 0 Å². The Labute approximate surface area is 113 Å². The average Bonchev–Trinajstić information content (AvgIpc) is 2.37. The first kappa shape index (κ1) is 13.7. The Morgan fingerprint density at radius 1 is 1.37 bits per heavy atom. The quantitative estimate of drug-likeness (QED) is 0.852. The maximum atomic E-state index is 12.0. The molecule has 2 rings (SSSR count). The Kier molecular flexibility index (Phi) is 3.95. The van der Waals surface area contributed by atoms with Gasteiger partial charge in [-0.15, -0.1) is 0 Å². The minimum atomic E-state index is -0.316. The number of hydrogen-bond acceptors (Lipinski definition) is 4. The van der Waals surface area contributed by atoms with Gasteiger partial charge in [0.1, 0.15) is 11.5 Å². The van der Waals surface area contributed by atoms with Gasteiger partial charge in [0.15, 0.2) is 0 Å². The number of carbonyl (C=O) groups excluding carboxylic acids is 1. The molecule has 1 amide bonds. The molecule has 3 N–H and O–H groups in total. The lowest BCUT2D eigenvalue weighted by Gasteiger charge is -2.37.